The molecule has 0 saturated carbocycles. The van der Waals surface area contributed by atoms with Crippen LogP contribution in [-0.4, -0.2) is 29.9 Å². The average molecular weight is 287 g/mol. The van der Waals surface area contributed by atoms with Gasteiger partial charge in [-0.1, -0.05) is 29.4 Å². The van der Waals surface area contributed by atoms with Crippen LogP contribution in [0.2, 0.25) is 0 Å². The Balaban J connectivity index is 1.78. The molecule has 1 aliphatic rings. The number of aryl methyl sites for hydroxylation is 1. The summed E-state index contributed by atoms with van der Waals surface area (Å²) < 4.78 is 10.4. The van der Waals surface area contributed by atoms with Gasteiger partial charge >= 0.3 is 0 Å². The standard InChI is InChI=1S/C16H21N3O2/c1-20-10-12(17)9-15-18-16(19-21-15)14-8-4-6-11-5-2-3-7-13(11)14/h2-3,5,7,12,14H,4,6,8-10,17H2,1H3. The van der Waals surface area contributed by atoms with E-state index in [2.05, 4.69) is 34.4 Å². The predicted molar refractivity (Wildman–Crippen MR) is 79.1 cm³/mol. The maximum Gasteiger partial charge on any atom is 0.228 e. The van der Waals surface area contributed by atoms with Crippen LogP contribution in [0.25, 0.3) is 0 Å². The highest BCUT2D eigenvalue weighted by atomic mass is 16.5. The fourth-order valence-electron chi connectivity index (χ4n) is 3.01. The van der Waals surface area contributed by atoms with E-state index in [4.69, 9.17) is 15.0 Å². The van der Waals surface area contributed by atoms with E-state index >= 15 is 0 Å². The molecule has 2 aromatic rings. The maximum atomic E-state index is 5.93. The van der Waals surface area contributed by atoms with E-state index in [0.29, 0.717) is 18.9 Å². The van der Waals surface area contributed by atoms with E-state index in [1.165, 1.54) is 11.1 Å². The van der Waals surface area contributed by atoms with Crippen molar-refractivity contribution < 1.29 is 9.26 Å². The Kier molecular flexibility index (Phi) is 4.31. The largest absolute Gasteiger partial charge is 0.383 e. The first-order valence-electron chi connectivity index (χ1n) is 7.42. The molecule has 5 heteroatoms. The molecule has 21 heavy (non-hydrogen) atoms. The Morgan fingerprint density at radius 1 is 1.43 bits per heavy atom. The molecule has 5 nitrogen and oxygen atoms in total. The molecule has 1 aromatic heterocycles. The highest BCUT2D eigenvalue weighted by Gasteiger charge is 2.25. The zero-order valence-electron chi connectivity index (χ0n) is 12.3. The van der Waals surface area contributed by atoms with Crippen molar-refractivity contribution >= 4 is 0 Å². The molecule has 0 spiro atoms. The number of hydrogen-bond acceptors (Lipinski definition) is 5. The van der Waals surface area contributed by atoms with Crippen molar-refractivity contribution in [3.63, 3.8) is 0 Å². The topological polar surface area (TPSA) is 74.2 Å². The minimum absolute atomic E-state index is 0.109. The van der Waals surface area contributed by atoms with Crippen molar-refractivity contribution in [2.24, 2.45) is 5.73 Å². The van der Waals surface area contributed by atoms with Crippen LogP contribution in [0.1, 0.15) is 41.6 Å². The molecule has 0 aliphatic heterocycles. The van der Waals surface area contributed by atoms with Gasteiger partial charge in [0, 0.05) is 25.5 Å². The second-order valence-corrected chi connectivity index (χ2v) is 5.61. The molecule has 2 N–H and O–H groups in total. The van der Waals surface area contributed by atoms with Crippen molar-refractivity contribution in [2.45, 2.75) is 37.6 Å². The third-order valence-corrected chi connectivity index (χ3v) is 3.98. The van der Waals surface area contributed by atoms with Crippen LogP contribution >= 0.6 is 0 Å². The molecule has 112 valence electrons. The van der Waals surface area contributed by atoms with E-state index in [1.807, 2.05) is 0 Å². The van der Waals surface area contributed by atoms with Crippen molar-refractivity contribution in [3.05, 3.63) is 47.1 Å². The SMILES string of the molecule is COCC(N)Cc1nc(C2CCCc3ccccc32)no1. The zero-order valence-corrected chi connectivity index (χ0v) is 12.3. The average Bonchev–Trinajstić information content (AvgIpc) is 2.95. The summed E-state index contributed by atoms with van der Waals surface area (Å²) in [4.78, 5) is 4.54. The summed E-state index contributed by atoms with van der Waals surface area (Å²) in [5.74, 6) is 1.62. The smallest absolute Gasteiger partial charge is 0.228 e. The van der Waals surface area contributed by atoms with E-state index in [9.17, 15) is 0 Å². The van der Waals surface area contributed by atoms with Gasteiger partial charge in [0.2, 0.25) is 5.89 Å². The Morgan fingerprint density at radius 3 is 3.14 bits per heavy atom. The Bertz CT molecular complexity index is 597. The summed E-state index contributed by atoms with van der Waals surface area (Å²) in [7, 11) is 1.64. The lowest BCUT2D eigenvalue weighted by Crippen LogP contribution is -2.28. The van der Waals surface area contributed by atoms with Gasteiger partial charge in [-0.3, -0.25) is 0 Å². The molecular formula is C16H21N3O2. The second kappa shape index (κ2) is 6.37. The van der Waals surface area contributed by atoms with Gasteiger partial charge in [0.15, 0.2) is 5.82 Å². The molecule has 2 unspecified atom stereocenters. The van der Waals surface area contributed by atoms with Crippen molar-refractivity contribution in [1.29, 1.82) is 0 Å². The van der Waals surface area contributed by atoms with E-state index in [0.717, 1.165) is 25.1 Å². The minimum Gasteiger partial charge on any atom is -0.383 e. The van der Waals surface area contributed by atoms with Crippen LogP contribution in [0.4, 0.5) is 0 Å². The maximum absolute atomic E-state index is 5.93. The van der Waals surface area contributed by atoms with Gasteiger partial charge in [-0.2, -0.15) is 4.98 Å². The predicted octanol–water partition coefficient (Wildman–Crippen LogP) is 2.05. The summed E-state index contributed by atoms with van der Waals surface area (Å²) in [5, 5.41) is 4.17. The van der Waals surface area contributed by atoms with Gasteiger partial charge in [-0.25, -0.2) is 0 Å². The van der Waals surface area contributed by atoms with Crippen molar-refractivity contribution in [2.75, 3.05) is 13.7 Å². The van der Waals surface area contributed by atoms with Gasteiger partial charge in [-0.05, 0) is 30.4 Å². The summed E-state index contributed by atoms with van der Waals surface area (Å²) >= 11 is 0. The normalized spacial score (nSPS) is 19.2. The van der Waals surface area contributed by atoms with Crippen molar-refractivity contribution in [1.82, 2.24) is 10.1 Å². The van der Waals surface area contributed by atoms with E-state index < -0.39 is 0 Å². The number of benzene rings is 1. The molecule has 2 atom stereocenters. The van der Waals surface area contributed by atoms with Gasteiger partial charge < -0.3 is 15.0 Å². The number of nitrogens with zero attached hydrogens (tertiary/aromatic N) is 2. The molecule has 0 saturated heterocycles. The third kappa shape index (κ3) is 3.14. The molecule has 0 amide bonds. The van der Waals surface area contributed by atoms with Crippen LogP contribution in [0.3, 0.4) is 0 Å². The van der Waals surface area contributed by atoms with Crippen LogP contribution < -0.4 is 5.73 Å². The monoisotopic (exact) mass is 287 g/mol. The Hall–Kier alpha value is -1.72. The summed E-state index contributed by atoms with van der Waals surface area (Å²) in [6.45, 7) is 0.490. The van der Waals surface area contributed by atoms with Gasteiger partial charge in [0.1, 0.15) is 0 Å². The molecular weight excluding hydrogens is 266 g/mol. The van der Waals surface area contributed by atoms with E-state index in [-0.39, 0.29) is 12.0 Å². The minimum atomic E-state index is -0.109. The van der Waals surface area contributed by atoms with Gasteiger partial charge in [-0.15, -0.1) is 0 Å². The molecule has 0 bridgehead atoms. The quantitative estimate of drug-likeness (QED) is 0.911. The number of aromatic nitrogens is 2. The first-order valence-corrected chi connectivity index (χ1v) is 7.42. The Morgan fingerprint density at radius 2 is 2.29 bits per heavy atom. The third-order valence-electron chi connectivity index (χ3n) is 3.98. The van der Waals surface area contributed by atoms with Crippen LogP contribution in [-0.2, 0) is 17.6 Å². The number of rotatable bonds is 5. The zero-order chi connectivity index (χ0) is 14.7. The first kappa shape index (κ1) is 14.2. The first-order chi connectivity index (χ1) is 10.3. The second-order valence-electron chi connectivity index (χ2n) is 5.61. The summed E-state index contributed by atoms with van der Waals surface area (Å²) in [6.07, 6.45) is 3.92. The van der Waals surface area contributed by atoms with Crippen molar-refractivity contribution in [3.8, 4) is 0 Å². The molecule has 0 radical (unpaired) electrons. The number of methoxy groups -OCH3 is 1. The fourth-order valence-corrected chi connectivity index (χ4v) is 3.01. The summed E-state index contributed by atoms with van der Waals surface area (Å²) in [5.41, 5.74) is 8.66. The Labute approximate surface area is 124 Å². The van der Waals surface area contributed by atoms with Crippen LogP contribution in [0.15, 0.2) is 28.8 Å². The lowest BCUT2D eigenvalue weighted by Gasteiger charge is -2.22. The highest BCUT2D eigenvalue weighted by molar-refractivity contribution is 5.36. The lowest BCUT2D eigenvalue weighted by atomic mass is 9.82. The summed E-state index contributed by atoms with van der Waals surface area (Å²) in [6, 6.07) is 8.42. The van der Waals surface area contributed by atoms with E-state index in [1.54, 1.807) is 7.11 Å². The van der Waals surface area contributed by atoms with Gasteiger partial charge in [0.25, 0.3) is 0 Å². The number of ether oxygens (including phenoxy) is 1. The molecule has 1 aliphatic carbocycles. The molecule has 1 heterocycles. The number of fused-ring (bicyclic) bond motifs is 1. The highest BCUT2D eigenvalue weighted by Crippen LogP contribution is 2.35. The molecule has 0 fully saturated rings. The van der Waals surface area contributed by atoms with Crippen LogP contribution in [0, 0.1) is 0 Å². The van der Waals surface area contributed by atoms with Crippen LogP contribution in [0.5, 0.6) is 0 Å². The lowest BCUT2D eigenvalue weighted by molar-refractivity contribution is 0.176. The van der Waals surface area contributed by atoms with Gasteiger partial charge in [0.05, 0.1) is 6.61 Å². The molecule has 3 rings (SSSR count). The molecule has 1 aromatic carbocycles. The number of nitrogens with two attached hydrogens (primary N) is 1. The number of hydrogen-bond donors (Lipinski definition) is 1. The fraction of sp³-hybridized carbons (Fsp3) is 0.500.